The fraction of sp³-hybridized carbons (Fsp3) is 0.0952. The molecule has 27 heavy (non-hydrogen) atoms. The minimum absolute atomic E-state index is 0.179. The number of benzene rings is 2. The number of nitrogens with zero attached hydrogens (tertiary/aromatic N) is 1. The monoisotopic (exact) mass is 394 g/mol. The van der Waals surface area contributed by atoms with Crippen molar-refractivity contribution in [3.05, 3.63) is 69.9 Å². The molecule has 1 fully saturated rings. The molecule has 2 aromatic carbocycles. The highest BCUT2D eigenvalue weighted by Crippen LogP contribution is 2.30. The Kier molecular flexibility index (Phi) is 4.53. The average molecular weight is 394 g/mol. The molecule has 1 amide bonds. The Morgan fingerprint density at radius 3 is 2.70 bits per heavy atom. The van der Waals surface area contributed by atoms with Gasteiger partial charge in [0.15, 0.2) is 0 Å². The van der Waals surface area contributed by atoms with Crippen LogP contribution in [0.4, 0.5) is 4.39 Å². The lowest BCUT2D eigenvalue weighted by atomic mass is 10.0. The summed E-state index contributed by atoms with van der Waals surface area (Å²) in [4.78, 5) is 17.2. The molecule has 1 aliphatic heterocycles. The molecular formula is C21H15FN2OS2. The van der Waals surface area contributed by atoms with Gasteiger partial charge in [-0.25, -0.2) is 9.37 Å². The Morgan fingerprint density at radius 1 is 1.15 bits per heavy atom. The average Bonchev–Trinajstić information content (AvgIpc) is 2.95. The summed E-state index contributed by atoms with van der Waals surface area (Å²) < 4.78 is 14.6. The first-order valence-electron chi connectivity index (χ1n) is 8.34. The number of carbonyl (C=O) groups is 1. The number of fused-ring (bicyclic) bond motifs is 1. The van der Waals surface area contributed by atoms with E-state index in [9.17, 15) is 9.18 Å². The molecule has 0 radical (unpaired) electrons. The number of amides is 1. The first kappa shape index (κ1) is 17.8. The van der Waals surface area contributed by atoms with Crippen LogP contribution in [0, 0.1) is 19.7 Å². The molecule has 4 rings (SSSR count). The van der Waals surface area contributed by atoms with Gasteiger partial charge in [-0.3, -0.25) is 4.79 Å². The zero-order chi connectivity index (χ0) is 19.1. The van der Waals surface area contributed by atoms with E-state index in [1.807, 2.05) is 50.3 Å². The fourth-order valence-corrected chi connectivity index (χ4v) is 4.15. The lowest BCUT2D eigenvalue weighted by Gasteiger charge is -2.10. The molecule has 134 valence electrons. The van der Waals surface area contributed by atoms with Crippen molar-refractivity contribution in [2.45, 2.75) is 13.8 Å². The minimum Gasteiger partial charge on any atom is -0.307 e. The number of halogens is 1. The zero-order valence-electron chi connectivity index (χ0n) is 14.7. The Hall–Kier alpha value is -2.57. The van der Waals surface area contributed by atoms with Gasteiger partial charge in [0, 0.05) is 10.9 Å². The largest absolute Gasteiger partial charge is 0.307 e. The molecule has 3 aromatic rings. The van der Waals surface area contributed by atoms with E-state index >= 15 is 0 Å². The van der Waals surface area contributed by atoms with Gasteiger partial charge >= 0.3 is 0 Å². The predicted molar refractivity (Wildman–Crippen MR) is 113 cm³/mol. The third kappa shape index (κ3) is 3.38. The number of nitrogens with one attached hydrogen (secondary N) is 1. The standard InChI is InChI=1S/C21H15FN2OS2/c1-11-6-7-16(22)15-8-12(2)18(23-19(11)15)14-5-3-4-13(9-14)10-17-20(25)24-21(26)27-17/h3-10H,1-2H3,(H,24,25,26). The summed E-state index contributed by atoms with van der Waals surface area (Å²) in [7, 11) is 0. The first-order valence-corrected chi connectivity index (χ1v) is 9.56. The molecule has 0 atom stereocenters. The second kappa shape index (κ2) is 6.87. The van der Waals surface area contributed by atoms with Crippen molar-refractivity contribution in [1.82, 2.24) is 10.3 Å². The number of pyridine rings is 1. The highest BCUT2D eigenvalue weighted by atomic mass is 32.2. The summed E-state index contributed by atoms with van der Waals surface area (Å²) >= 11 is 6.28. The summed E-state index contributed by atoms with van der Waals surface area (Å²) in [6.07, 6.45) is 1.81. The SMILES string of the molecule is Cc1cc2c(F)ccc(C)c2nc1-c1cccc(C=C2SC(=S)NC2=O)c1. The molecule has 0 aliphatic carbocycles. The van der Waals surface area contributed by atoms with E-state index in [-0.39, 0.29) is 11.7 Å². The van der Waals surface area contributed by atoms with Gasteiger partial charge in [0.25, 0.3) is 5.91 Å². The van der Waals surface area contributed by atoms with Crippen LogP contribution in [0.3, 0.4) is 0 Å². The van der Waals surface area contributed by atoms with Gasteiger partial charge < -0.3 is 5.32 Å². The van der Waals surface area contributed by atoms with Gasteiger partial charge in [-0.1, -0.05) is 48.2 Å². The van der Waals surface area contributed by atoms with Gasteiger partial charge in [0.05, 0.1) is 16.1 Å². The van der Waals surface area contributed by atoms with Crippen molar-refractivity contribution in [2.75, 3.05) is 0 Å². The number of rotatable bonds is 2. The van der Waals surface area contributed by atoms with Crippen molar-refractivity contribution in [1.29, 1.82) is 0 Å². The number of thiocarbonyl (C=S) groups is 1. The molecular weight excluding hydrogens is 379 g/mol. The van der Waals surface area contributed by atoms with Crippen LogP contribution in [-0.4, -0.2) is 15.2 Å². The van der Waals surface area contributed by atoms with E-state index in [0.717, 1.165) is 27.9 Å². The molecule has 0 spiro atoms. The van der Waals surface area contributed by atoms with Crippen molar-refractivity contribution >= 4 is 51.2 Å². The van der Waals surface area contributed by atoms with Crippen LogP contribution in [0.1, 0.15) is 16.7 Å². The maximum atomic E-state index is 14.1. The molecule has 1 saturated heterocycles. The van der Waals surface area contributed by atoms with Gasteiger partial charge in [0.1, 0.15) is 10.1 Å². The second-order valence-electron chi connectivity index (χ2n) is 6.39. The highest BCUT2D eigenvalue weighted by Gasteiger charge is 2.22. The number of hydrogen-bond acceptors (Lipinski definition) is 4. The maximum absolute atomic E-state index is 14.1. The normalized spacial score (nSPS) is 15.6. The van der Waals surface area contributed by atoms with Gasteiger partial charge in [-0.2, -0.15) is 0 Å². The van der Waals surface area contributed by atoms with E-state index in [4.69, 9.17) is 17.2 Å². The summed E-state index contributed by atoms with van der Waals surface area (Å²) in [6, 6.07) is 12.8. The minimum atomic E-state index is -0.267. The molecule has 1 aromatic heterocycles. The number of hydrogen-bond donors (Lipinski definition) is 1. The number of carbonyl (C=O) groups excluding carboxylic acids is 1. The quantitative estimate of drug-likeness (QED) is 0.482. The Morgan fingerprint density at radius 2 is 1.96 bits per heavy atom. The van der Waals surface area contributed by atoms with Crippen LogP contribution >= 0.6 is 24.0 Å². The van der Waals surface area contributed by atoms with Crippen LogP contribution in [0.5, 0.6) is 0 Å². The molecule has 0 unspecified atom stereocenters. The third-order valence-electron chi connectivity index (χ3n) is 4.42. The van der Waals surface area contributed by atoms with Crippen LogP contribution in [-0.2, 0) is 4.79 Å². The third-order valence-corrected chi connectivity index (χ3v) is 5.59. The summed E-state index contributed by atoms with van der Waals surface area (Å²) in [5, 5.41) is 3.14. The molecule has 2 heterocycles. The van der Waals surface area contributed by atoms with Crippen molar-refractivity contribution in [2.24, 2.45) is 0 Å². The second-order valence-corrected chi connectivity index (χ2v) is 8.11. The van der Waals surface area contributed by atoms with E-state index in [0.29, 0.717) is 20.1 Å². The lowest BCUT2D eigenvalue weighted by Crippen LogP contribution is -2.17. The molecule has 3 nitrogen and oxygen atoms in total. The lowest BCUT2D eigenvalue weighted by molar-refractivity contribution is -0.115. The predicted octanol–water partition coefficient (Wildman–Crippen LogP) is 5.15. The zero-order valence-corrected chi connectivity index (χ0v) is 16.3. The Bertz CT molecular complexity index is 1150. The van der Waals surface area contributed by atoms with Crippen LogP contribution < -0.4 is 5.32 Å². The molecule has 0 saturated carbocycles. The number of aryl methyl sites for hydroxylation is 2. The topological polar surface area (TPSA) is 42.0 Å². The molecule has 0 bridgehead atoms. The van der Waals surface area contributed by atoms with Crippen LogP contribution in [0.25, 0.3) is 28.2 Å². The molecule has 1 aliphatic rings. The van der Waals surface area contributed by atoms with E-state index in [2.05, 4.69) is 5.32 Å². The Balaban J connectivity index is 1.82. The van der Waals surface area contributed by atoms with E-state index < -0.39 is 0 Å². The van der Waals surface area contributed by atoms with Crippen molar-refractivity contribution in [3.8, 4) is 11.3 Å². The van der Waals surface area contributed by atoms with Crippen LogP contribution in [0.2, 0.25) is 0 Å². The first-order chi connectivity index (χ1) is 12.9. The Labute approximate surface area is 165 Å². The van der Waals surface area contributed by atoms with E-state index in [1.165, 1.54) is 17.8 Å². The van der Waals surface area contributed by atoms with Crippen molar-refractivity contribution < 1.29 is 9.18 Å². The summed E-state index contributed by atoms with van der Waals surface area (Å²) in [5.41, 5.74) is 5.08. The maximum Gasteiger partial charge on any atom is 0.263 e. The summed E-state index contributed by atoms with van der Waals surface area (Å²) in [6.45, 7) is 3.85. The van der Waals surface area contributed by atoms with Crippen molar-refractivity contribution in [3.63, 3.8) is 0 Å². The summed E-state index contributed by atoms with van der Waals surface area (Å²) in [5.74, 6) is -0.446. The van der Waals surface area contributed by atoms with Crippen LogP contribution in [0.15, 0.2) is 47.4 Å². The van der Waals surface area contributed by atoms with Gasteiger partial charge in [-0.05, 0) is 54.8 Å². The smallest absolute Gasteiger partial charge is 0.263 e. The van der Waals surface area contributed by atoms with E-state index in [1.54, 1.807) is 6.07 Å². The molecule has 1 N–H and O–H groups in total. The highest BCUT2D eigenvalue weighted by molar-refractivity contribution is 8.26. The number of aromatic nitrogens is 1. The fourth-order valence-electron chi connectivity index (χ4n) is 3.10. The number of thioether (sulfide) groups is 1. The van der Waals surface area contributed by atoms with Gasteiger partial charge in [-0.15, -0.1) is 0 Å². The molecule has 6 heteroatoms. The van der Waals surface area contributed by atoms with Gasteiger partial charge in [0.2, 0.25) is 0 Å².